The second kappa shape index (κ2) is 2.59. The predicted octanol–water partition coefficient (Wildman–Crippen LogP) is 0.545. The van der Waals surface area contributed by atoms with Gasteiger partial charge in [0.2, 0.25) is 0 Å². The van der Waals surface area contributed by atoms with Crippen molar-refractivity contribution >= 4 is 0 Å². The third-order valence-electron chi connectivity index (χ3n) is 2.69. The van der Waals surface area contributed by atoms with E-state index in [1.54, 1.807) is 0 Å². The first-order valence-corrected chi connectivity index (χ1v) is 4.45. The molecule has 2 rings (SSSR count). The van der Waals surface area contributed by atoms with Gasteiger partial charge in [0.25, 0.3) is 0 Å². The first kappa shape index (κ1) is 7.80. The summed E-state index contributed by atoms with van der Waals surface area (Å²) in [5.41, 5.74) is 9.81. The van der Waals surface area contributed by atoms with Gasteiger partial charge in [-0.3, -0.25) is 4.68 Å². The number of fused-ring (bicyclic) bond motifs is 1. The molecule has 0 saturated carbocycles. The molecule has 0 spiro atoms. The Morgan fingerprint density at radius 1 is 1.58 bits per heavy atom. The van der Waals surface area contributed by atoms with Crippen LogP contribution >= 0.6 is 0 Å². The van der Waals surface area contributed by atoms with Crippen LogP contribution in [0.5, 0.6) is 0 Å². The molecular formula is C9H15N3. The quantitative estimate of drug-likeness (QED) is 0.610. The highest BCUT2D eigenvalue weighted by molar-refractivity contribution is 5.28. The maximum absolute atomic E-state index is 5.89. The summed E-state index contributed by atoms with van der Waals surface area (Å²) in [6.07, 6.45) is 3.20. The predicted molar refractivity (Wildman–Crippen MR) is 47.9 cm³/mol. The highest BCUT2D eigenvalue weighted by Crippen LogP contribution is 2.22. The first-order chi connectivity index (χ1) is 5.68. The molecule has 1 heterocycles. The molecule has 0 fully saturated rings. The molecule has 1 aliphatic rings. The third kappa shape index (κ3) is 1.05. The standard InChI is InChI=1S/C9H15N3/c1-6-8-5-7(10)3-4-9(8)12(2)11-6/h7H,3-5,10H2,1-2H3. The largest absolute Gasteiger partial charge is 0.327 e. The molecule has 1 atom stereocenters. The number of aromatic nitrogens is 2. The fourth-order valence-corrected chi connectivity index (χ4v) is 2.01. The van der Waals surface area contributed by atoms with Gasteiger partial charge in [-0.15, -0.1) is 0 Å². The van der Waals surface area contributed by atoms with Crippen LogP contribution < -0.4 is 5.73 Å². The zero-order valence-corrected chi connectivity index (χ0v) is 7.67. The van der Waals surface area contributed by atoms with Gasteiger partial charge in [0.15, 0.2) is 0 Å². The Morgan fingerprint density at radius 2 is 2.33 bits per heavy atom. The zero-order chi connectivity index (χ0) is 8.72. The zero-order valence-electron chi connectivity index (χ0n) is 7.67. The van der Waals surface area contributed by atoms with Crippen molar-refractivity contribution in [2.75, 3.05) is 0 Å². The first-order valence-electron chi connectivity index (χ1n) is 4.45. The van der Waals surface area contributed by atoms with Gasteiger partial charge >= 0.3 is 0 Å². The Kier molecular flexibility index (Phi) is 1.68. The SMILES string of the molecule is Cc1nn(C)c2c1CC(N)CC2. The summed E-state index contributed by atoms with van der Waals surface area (Å²) in [4.78, 5) is 0. The van der Waals surface area contributed by atoms with E-state index < -0.39 is 0 Å². The van der Waals surface area contributed by atoms with Crippen LogP contribution in [0.2, 0.25) is 0 Å². The summed E-state index contributed by atoms with van der Waals surface area (Å²) in [6.45, 7) is 2.07. The smallest absolute Gasteiger partial charge is 0.0629 e. The molecule has 1 aliphatic carbocycles. The van der Waals surface area contributed by atoms with Gasteiger partial charge in [0.05, 0.1) is 5.69 Å². The van der Waals surface area contributed by atoms with E-state index in [9.17, 15) is 0 Å². The van der Waals surface area contributed by atoms with Crippen LogP contribution in [-0.2, 0) is 19.9 Å². The van der Waals surface area contributed by atoms with Gasteiger partial charge in [-0.05, 0) is 31.7 Å². The van der Waals surface area contributed by atoms with E-state index in [0.29, 0.717) is 6.04 Å². The Morgan fingerprint density at radius 3 is 3.08 bits per heavy atom. The van der Waals surface area contributed by atoms with Crippen LogP contribution in [0.1, 0.15) is 23.4 Å². The van der Waals surface area contributed by atoms with Crippen LogP contribution in [-0.4, -0.2) is 15.8 Å². The van der Waals surface area contributed by atoms with Crippen molar-refractivity contribution in [3.63, 3.8) is 0 Å². The molecule has 12 heavy (non-hydrogen) atoms. The molecule has 0 bridgehead atoms. The van der Waals surface area contributed by atoms with Crippen LogP contribution in [0, 0.1) is 6.92 Å². The second-order valence-electron chi connectivity index (χ2n) is 3.64. The van der Waals surface area contributed by atoms with Gasteiger partial charge in [-0.25, -0.2) is 0 Å². The monoisotopic (exact) mass is 165 g/mol. The lowest BCUT2D eigenvalue weighted by Gasteiger charge is -2.18. The lowest BCUT2D eigenvalue weighted by atomic mass is 9.92. The fourth-order valence-electron chi connectivity index (χ4n) is 2.01. The Hall–Kier alpha value is -0.830. The number of nitrogens with two attached hydrogens (primary N) is 1. The number of aryl methyl sites for hydroxylation is 2. The Balaban J connectivity index is 2.45. The van der Waals surface area contributed by atoms with Crippen molar-refractivity contribution in [2.45, 2.75) is 32.2 Å². The minimum Gasteiger partial charge on any atom is -0.327 e. The molecule has 66 valence electrons. The van der Waals surface area contributed by atoms with Crippen molar-refractivity contribution in [3.05, 3.63) is 17.0 Å². The summed E-state index contributed by atoms with van der Waals surface area (Å²) in [7, 11) is 2.02. The van der Waals surface area contributed by atoms with Crippen molar-refractivity contribution in [1.82, 2.24) is 9.78 Å². The van der Waals surface area contributed by atoms with E-state index in [1.807, 2.05) is 11.7 Å². The number of hydrogen-bond acceptors (Lipinski definition) is 2. The van der Waals surface area contributed by atoms with E-state index in [-0.39, 0.29) is 0 Å². The van der Waals surface area contributed by atoms with Gasteiger partial charge in [-0.2, -0.15) is 5.10 Å². The van der Waals surface area contributed by atoms with Crippen molar-refractivity contribution < 1.29 is 0 Å². The minimum absolute atomic E-state index is 0.348. The van der Waals surface area contributed by atoms with Crippen LogP contribution in [0.4, 0.5) is 0 Å². The van der Waals surface area contributed by atoms with Crippen LogP contribution in [0.3, 0.4) is 0 Å². The average molecular weight is 165 g/mol. The molecule has 0 radical (unpaired) electrons. The van der Waals surface area contributed by atoms with Crippen molar-refractivity contribution in [1.29, 1.82) is 0 Å². The maximum Gasteiger partial charge on any atom is 0.0629 e. The molecule has 0 aromatic carbocycles. The summed E-state index contributed by atoms with van der Waals surface area (Å²) >= 11 is 0. The molecule has 0 aliphatic heterocycles. The van der Waals surface area contributed by atoms with Gasteiger partial charge in [0, 0.05) is 18.8 Å². The number of rotatable bonds is 0. The van der Waals surface area contributed by atoms with E-state index in [0.717, 1.165) is 25.0 Å². The molecule has 3 nitrogen and oxygen atoms in total. The molecular weight excluding hydrogens is 150 g/mol. The highest BCUT2D eigenvalue weighted by atomic mass is 15.3. The number of nitrogens with zero attached hydrogens (tertiary/aromatic N) is 2. The molecule has 2 N–H and O–H groups in total. The van der Waals surface area contributed by atoms with E-state index in [1.165, 1.54) is 11.3 Å². The third-order valence-corrected chi connectivity index (χ3v) is 2.69. The van der Waals surface area contributed by atoms with E-state index >= 15 is 0 Å². The summed E-state index contributed by atoms with van der Waals surface area (Å²) < 4.78 is 2.00. The van der Waals surface area contributed by atoms with E-state index in [4.69, 9.17) is 5.73 Å². The minimum atomic E-state index is 0.348. The molecule has 3 heteroatoms. The maximum atomic E-state index is 5.89. The van der Waals surface area contributed by atoms with Crippen molar-refractivity contribution in [3.8, 4) is 0 Å². The van der Waals surface area contributed by atoms with Crippen LogP contribution in [0.15, 0.2) is 0 Å². The van der Waals surface area contributed by atoms with Gasteiger partial charge in [-0.1, -0.05) is 0 Å². The lowest BCUT2D eigenvalue weighted by molar-refractivity contribution is 0.552. The van der Waals surface area contributed by atoms with Gasteiger partial charge in [0.1, 0.15) is 0 Å². The Labute approximate surface area is 72.6 Å². The summed E-state index contributed by atoms with van der Waals surface area (Å²) in [5.74, 6) is 0. The average Bonchev–Trinajstić information content (AvgIpc) is 2.28. The molecule has 1 aromatic rings. The van der Waals surface area contributed by atoms with E-state index in [2.05, 4.69) is 12.0 Å². The number of hydrogen-bond donors (Lipinski definition) is 1. The second-order valence-corrected chi connectivity index (χ2v) is 3.64. The fraction of sp³-hybridized carbons (Fsp3) is 0.667. The summed E-state index contributed by atoms with van der Waals surface area (Å²) in [6, 6.07) is 0.348. The topological polar surface area (TPSA) is 43.8 Å². The molecule has 1 unspecified atom stereocenters. The molecule has 0 saturated heterocycles. The Bertz CT molecular complexity index is 301. The molecule has 1 aromatic heterocycles. The highest BCUT2D eigenvalue weighted by Gasteiger charge is 2.20. The molecule has 0 amide bonds. The normalized spacial score (nSPS) is 22.4. The van der Waals surface area contributed by atoms with Crippen molar-refractivity contribution in [2.24, 2.45) is 12.8 Å². The van der Waals surface area contributed by atoms with Crippen LogP contribution in [0.25, 0.3) is 0 Å². The lowest BCUT2D eigenvalue weighted by Crippen LogP contribution is -2.28. The summed E-state index contributed by atoms with van der Waals surface area (Å²) in [5, 5.41) is 4.39. The van der Waals surface area contributed by atoms with Gasteiger partial charge < -0.3 is 5.73 Å².